The zero-order valence-electron chi connectivity index (χ0n) is 11.2. The van der Waals surface area contributed by atoms with Crippen LogP contribution in [-0.4, -0.2) is 30.6 Å². The summed E-state index contributed by atoms with van der Waals surface area (Å²) in [7, 11) is 0. The molecule has 2 aliphatic heterocycles. The minimum Gasteiger partial charge on any atom is -0.312 e. The number of rotatable bonds is 2. The zero-order chi connectivity index (χ0) is 13.4. The van der Waals surface area contributed by atoms with Crippen molar-refractivity contribution in [1.82, 2.24) is 10.2 Å². The van der Waals surface area contributed by atoms with Crippen LogP contribution in [0, 0.1) is 17.6 Å². The van der Waals surface area contributed by atoms with Crippen LogP contribution in [0.25, 0.3) is 0 Å². The third kappa shape index (κ3) is 2.39. The van der Waals surface area contributed by atoms with Crippen LogP contribution in [0.2, 0.25) is 0 Å². The Hall–Kier alpha value is -1.00. The topological polar surface area (TPSA) is 15.3 Å². The first-order valence-corrected chi connectivity index (χ1v) is 7.08. The van der Waals surface area contributed by atoms with Crippen LogP contribution in [0.15, 0.2) is 18.2 Å². The van der Waals surface area contributed by atoms with E-state index >= 15 is 0 Å². The van der Waals surface area contributed by atoms with E-state index in [1.54, 1.807) is 12.1 Å². The van der Waals surface area contributed by atoms with Gasteiger partial charge in [-0.05, 0) is 38.3 Å². The molecule has 0 bridgehead atoms. The Morgan fingerprint density at radius 3 is 2.95 bits per heavy atom. The van der Waals surface area contributed by atoms with E-state index in [1.807, 2.05) is 6.92 Å². The Kier molecular flexibility index (Phi) is 3.54. The summed E-state index contributed by atoms with van der Waals surface area (Å²) in [5.41, 5.74) is 0.471. The molecule has 3 atom stereocenters. The SMILES string of the molecule is CC(c1cccc(F)c1F)N1C[C@@H]2CCCN[C@@H]2C1. The largest absolute Gasteiger partial charge is 0.312 e. The number of nitrogens with one attached hydrogen (secondary N) is 1. The van der Waals surface area contributed by atoms with Gasteiger partial charge < -0.3 is 5.32 Å². The fraction of sp³-hybridized carbons (Fsp3) is 0.600. The quantitative estimate of drug-likeness (QED) is 0.885. The third-order valence-electron chi connectivity index (χ3n) is 4.61. The maximum atomic E-state index is 13.9. The summed E-state index contributed by atoms with van der Waals surface area (Å²) in [6.07, 6.45) is 2.46. The molecule has 104 valence electrons. The first-order chi connectivity index (χ1) is 9.16. The van der Waals surface area contributed by atoms with Crippen molar-refractivity contribution in [3.63, 3.8) is 0 Å². The monoisotopic (exact) mass is 266 g/mol. The molecule has 0 saturated carbocycles. The summed E-state index contributed by atoms with van der Waals surface area (Å²) in [5.74, 6) is -0.787. The summed E-state index contributed by atoms with van der Waals surface area (Å²) in [4.78, 5) is 2.27. The molecule has 0 spiro atoms. The predicted molar refractivity (Wildman–Crippen MR) is 70.9 cm³/mol. The Morgan fingerprint density at radius 2 is 2.16 bits per heavy atom. The number of halogens is 2. The highest BCUT2D eigenvalue weighted by atomic mass is 19.2. The summed E-state index contributed by atoms with van der Waals surface area (Å²) in [6, 6.07) is 4.91. The molecule has 2 nitrogen and oxygen atoms in total. The lowest BCUT2D eigenvalue weighted by molar-refractivity contribution is 0.244. The maximum absolute atomic E-state index is 13.9. The van der Waals surface area contributed by atoms with Gasteiger partial charge in [0.2, 0.25) is 0 Å². The molecular weight excluding hydrogens is 246 g/mol. The van der Waals surface area contributed by atoms with Gasteiger partial charge in [0.25, 0.3) is 0 Å². The van der Waals surface area contributed by atoms with E-state index in [0.29, 0.717) is 17.5 Å². The molecule has 1 aromatic carbocycles. The fourth-order valence-electron chi connectivity index (χ4n) is 3.44. The summed E-state index contributed by atoms with van der Waals surface area (Å²) in [6.45, 7) is 4.96. The molecule has 1 unspecified atom stereocenters. The number of fused-ring (bicyclic) bond motifs is 1. The molecule has 2 aliphatic rings. The zero-order valence-corrected chi connectivity index (χ0v) is 11.2. The molecule has 1 aromatic rings. The standard InChI is InChI=1S/C15H20F2N2/c1-10(12-5-2-6-13(16)15(12)17)19-8-11-4-3-7-18-14(11)9-19/h2,5-6,10-11,14,18H,3-4,7-9H2,1H3/t10?,11-,14+/m0/s1. The normalized spacial score (nSPS) is 29.2. The van der Waals surface area contributed by atoms with Crippen LogP contribution in [0.5, 0.6) is 0 Å². The second kappa shape index (κ2) is 5.17. The van der Waals surface area contributed by atoms with Crippen LogP contribution < -0.4 is 5.32 Å². The molecule has 1 N–H and O–H groups in total. The summed E-state index contributed by atoms with van der Waals surface area (Å²) >= 11 is 0. The number of hydrogen-bond donors (Lipinski definition) is 1. The minimum absolute atomic E-state index is 0.0666. The fourth-order valence-corrected chi connectivity index (χ4v) is 3.44. The molecule has 2 saturated heterocycles. The minimum atomic E-state index is -0.751. The van der Waals surface area contributed by atoms with E-state index in [0.717, 1.165) is 19.6 Å². The van der Waals surface area contributed by atoms with Crippen LogP contribution >= 0.6 is 0 Å². The van der Waals surface area contributed by atoms with Crippen molar-refractivity contribution in [2.45, 2.75) is 31.8 Å². The van der Waals surface area contributed by atoms with Gasteiger partial charge in [0, 0.05) is 30.7 Å². The first-order valence-electron chi connectivity index (χ1n) is 7.08. The average molecular weight is 266 g/mol. The molecule has 0 radical (unpaired) electrons. The molecule has 2 fully saturated rings. The molecule has 0 aromatic heterocycles. The summed E-state index contributed by atoms with van der Waals surface area (Å²) < 4.78 is 27.2. The van der Waals surface area contributed by atoms with Crippen molar-refractivity contribution in [3.8, 4) is 0 Å². The van der Waals surface area contributed by atoms with E-state index in [4.69, 9.17) is 0 Å². The van der Waals surface area contributed by atoms with Gasteiger partial charge >= 0.3 is 0 Å². The first kappa shape index (κ1) is 13.0. The van der Waals surface area contributed by atoms with Gasteiger partial charge in [-0.3, -0.25) is 4.90 Å². The second-order valence-electron chi connectivity index (χ2n) is 5.74. The van der Waals surface area contributed by atoms with Gasteiger partial charge in [0.1, 0.15) is 0 Å². The molecule has 4 heteroatoms. The van der Waals surface area contributed by atoms with Crippen molar-refractivity contribution in [2.75, 3.05) is 19.6 Å². The van der Waals surface area contributed by atoms with Crippen LogP contribution in [-0.2, 0) is 0 Å². The number of likely N-dealkylation sites (tertiary alicyclic amines) is 1. The maximum Gasteiger partial charge on any atom is 0.163 e. The Bertz CT molecular complexity index is 449. The average Bonchev–Trinajstić information content (AvgIpc) is 2.85. The van der Waals surface area contributed by atoms with Gasteiger partial charge in [-0.1, -0.05) is 12.1 Å². The highest BCUT2D eigenvalue weighted by Gasteiger charge is 2.36. The van der Waals surface area contributed by atoms with E-state index in [-0.39, 0.29) is 6.04 Å². The molecular formula is C15H20F2N2. The van der Waals surface area contributed by atoms with Gasteiger partial charge in [0.05, 0.1) is 0 Å². The van der Waals surface area contributed by atoms with Crippen molar-refractivity contribution in [1.29, 1.82) is 0 Å². The van der Waals surface area contributed by atoms with Crippen LogP contribution in [0.1, 0.15) is 31.4 Å². The van der Waals surface area contributed by atoms with E-state index in [2.05, 4.69) is 10.2 Å². The van der Waals surface area contributed by atoms with Crippen molar-refractivity contribution in [3.05, 3.63) is 35.4 Å². The molecule has 3 rings (SSSR count). The van der Waals surface area contributed by atoms with Crippen LogP contribution in [0.4, 0.5) is 8.78 Å². The van der Waals surface area contributed by atoms with Crippen molar-refractivity contribution >= 4 is 0 Å². The number of hydrogen-bond acceptors (Lipinski definition) is 2. The van der Waals surface area contributed by atoms with E-state index in [1.165, 1.54) is 18.9 Å². The predicted octanol–water partition coefficient (Wildman–Crippen LogP) is 2.71. The lowest BCUT2D eigenvalue weighted by Gasteiger charge is -2.25. The molecule has 2 heterocycles. The molecule has 19 heavy (non-hydrogen) atoms. The lowest BCUT2D eigenvalue weighted by Crippen LogP contribution is -2.40. The second-order valence-corrected chi connectivity index (χ2v) is 5.74. The summed E-state index contributed by atoms with van der Waals surface area (Å²) in [5, 5.41) is 3.53. The highest BCUT2D eigenvalue weighted by Crippen LogP contribution is 2.32. The van der Waals surface area contributed by atoms with Crippen molar-refractivity contribution in [2.24, 2.45) is 5.92 Å². The number of nitrogens with zero attached hydrogens (tertiary/aromatic N) is 1. The van der Waals surface area contributed by atoms with Crippen LogP contribution in [0.3, 0.4) is 0 Å². The Labute approximate surface area is 112 Å². The highest BCUT2D eigenvalue weighted by molar-refractivity contribution is 5.22. The molecule has 0 amide bonds. The smallest absolute Gasteiger partial charge is 0.163 e. The van der Waals surface area contributed by atoms with Gasteiger partial charge in [0.15, 0.2) is 11.6 Å². The third-order valence-corrected chi connectivity index (χ3v) is 4.61. The van der Waals surface area contributed by atoms with Gasteiger partial charge in [-0.25, -0.2) is 8.78 Å². The van der Waals surface area contributed by atoms with Gasteiger partial charge in [-0.2, -0.15) is 0 Å². The Morgan fingerprint density at radius 1 is 1.32 bits per heavy atom. The Balaban J connectivity index is 1.77. The van der Waals surface area contributed by atoms with E-state index in [9.17, 15) is 8.78 Å². The number of piperidine rings is 1. The van der Waals surface area contributed by atoms with E-state index < -0.39 is 11.6 Å². The van der Waals surface area contributed by atoms with Gasteiger partial charge in [-0.15, -0.1) is 0 Å². The molecule has 0 aliphatic carbocycles. The lowest BCUT2D eigenvalue weighted by atomic mass is 9.94. The van der Waals surface area contributed by atoms with Crippen molar-refractivity contribution < 1.29 is 8.78 Å². The number of benzene rings is 1.